The number of esters is 1. The van der Waals surface area contributed by atoms with E-state index in [1.54, 1.807) is 12.2 Å². The minimum Gasteiger partial charge on any atom is -0.427 e. The van der Waals surface area contributed by atoms with Crippen molar-refractivity contribution in [3.05, 3.63) is 84.7 Å². The maximum Gasteiger partial charge on any atom is 0.315 e. The van der Waals surface area contributed by atoms with E-state index in [-0.39, 0.29) is 17.1 Å². The van der Waals surface area contributed by atoms with E-state index in [2.05, 4.69) is 95.5 Å². The predicted octanol–water partition coefficient (Wildman–Crippen LogP) is 8.13. The highest BCUT2D eigenvalue weighted by Crippen LogP contribution is 2.37. The number of rotatable bonds is 13. The van der Waals surface area contributed by atoms with Gasteiger partial charge in [-0.15, -0.1) is 0 Å². The molecule has 1 aliphatic rings. The van der Waals surface area contributed by atoms with E-state index in [1.165, 1.54) is 0 Å². The molecule has 0 aromatic heterocycles. The Hall–Kier alpha value is -2.17. The van der Waals surface area contributed by atoms with Crippen molar-refractivity contribution < 1.29 is 14.0 Å². The molecule has 4 heteroatoms. The summed E-state index contributed by atoms with van der Waals surface area (Å²) >= 11 is 0. The van der Waals surface area contributed by atoms with Crippen molar-refractivity contribution in [3.8, 4) is 0 Å². The van der Waals surface area contributed by atoms with Gasteiger partial charge < -0.3 is 9.16 Å². The zero-order valence-corrected chi connectivity index (χ0v) is 21.8. The van der Waals surface area contributed by atoms with Crippen LogP contribution in [0.4, 0.5) is 0 Å². The number of hydrogen-bond donors (Lipinski definition) is 0. The molecule has 176 valence electrons. The number of ether oxygens (including phenoxy) is 1. The molecule has 0 saturated carbocycles. The molecule has 0 aromatic carbocycles. The Kier molecular flexibility index (Phi) is 12.9. The second-order valence-electron chi connectivity index (χ2n) is 9.36. The Morgan fingerprint density at radius 3 is 2.22 bits per heavy atom. The minimum atomic E-state index is -1.80. The Bertz CT molecular complexity index is 771. The molecule has 0 aromatic rings. The maximum atomic E-state index is 11.0. The summed E-state index contributed by atoms with van der Waals surface area (Å²) in [5.74, 6) is 0.443. The molecule has 1 atom stereocenters. The van der Waals surface area contributed by atoms with Gasteiger partial charge in [0.2, 0.25) is 0 Å². The van der Waals surface area contributed by atoms with E-state index < -0.39 is 8.32 Å². The lowest BCUT2D eigenvalue weighted by Crippen LogP contribution is -2.43. The van der Waals surface area contributed by atoms with Crippen LogP contribution in [-0.2, 0) is 14.0 Å². The topological polar surface area (TPSA) is 35.5 Å². The van der Waals surface area contributed by atoms with Gasteiger partial charge in [0, 0.05) is 0 Å². The second-order valence-corrected chi connectivity index (χ2v) is 14.1. The van der Waals surface area contributed by atoms with Crippen LogP contribution in [0.5, 0.6) is 0 Å². The quantitative estimate of drug-likeness (QED) is 0.122. The highest BCUT2D eigenvalue weighted by Gasteiger charge is 2.38. The summed E-state index contributed by atoms with van der Waals surface area (Å²) in [4.78, 5) is 11.0. The van der Waals surface area contributed by atoms with Gasteiger partial charge in [0.25, 0.3) is 0 Å². The van der Waals surface area contributed by atoms with Crippen molar-refractivity contribution in [3.63, 3.8) is 0 Å². The zero-order valence-electron chi connectivity index (χ0n) is 20.8. The summed E-state index contributed by atoms with van der Waals surface area (Å²) in [5.41, 5.74) is 0. The van der Waals surface area contributed by atoms with Crippen LogP contribution in [-0.4, -0.2) is 20.4 Å². The molecule has 0 bridgehead atoms. The van der Waals surface area contributed by atoms with Gasteiger partial charge in [-0.3, -0.25) is 4.79 Å². The second kappa shape index (κ2) is 14.8. The normalized spacial score (nSPS) is 17.2. The molecule has 0 fully saturated rings. The van der Waals surface area contributed by atoms with Crippen LogP contribution < -0.4 is 0 Å². The van der Waals surface area contributed by atoms with E-state index in [0.717, 1.165) is 25.7 Å². The smallest absolute Gasteiger partial charge is 0.315 e. The average Bonchev–Trinajstić information content (AvgIpc) is 3.12. The van der Waals surface area contributed by atoms with Gasteiger partial charge in [-0.2, -0.15) is 0 Å². The monoisotopic (exact) mass is 454 g/mol. The third-order valence-electron chi connectivity index (χ3n) is 5.52. The lowest BCUT2D eigenvalue weighted by Gasteiger charge is -2.38. The summed E-state index contributed by atoms with van der Waals surface area (Å²) < 4.78 is 11.6. The van der Waals surface area contributed by atoms with Gasteiger partial charge in [0.05, 0.1) is 12.5 Å². The van der Waals surface area contributed by atoms with Crippen molar-refractivity contribution >= 4 is 14.3 Å². The first-order chi connectivity index (χ1) is 15.2. The van der Waals surface area contributed by atoms with Crippen molar-refractivity contribution in [2.75, 3.05) is 0 Å². The zero-order chi connectivity index (χ0) is 23.9. The molecular weight excluding hydrogens is 412 g/mol. The lowest BCUT2D eigenvalue weighted by atomic mass is 10.2. The Morgan fingerprint density at radius 1 is 1.00 bits per heavy atom. The molecule has 0 N–H and O–H groups in total. The van der Waals surface area contributed by atoms with Crippen molar-refractivity contribution in [1.29, 1.82) is 0 Å². The third-order valence-corrected chi connectivity index (χ3v) is 10.0. The fraction of sp³-hybridized carbons (Fsp3) is 0.464. The lowest BCUT2D eigenvalue weighted by molar-refractivity contribution is -0.136. The summed E-state index contributed by atoms with van der Waals surface area (Å²) in [6.45, 7) is 13.6. The van der Waals surface area contributed by atoms with Gasteiger partial charge in [-0.25, -0.2) is 0 Å². The maximum absolute atomic E-state index is 11.0. The summed E-state index contributed by atoms with van der Waals surface area (Å²) in [6, 6.07) is 0. The summed E-state index contributed by atoms with van der Waals surface area (Å²) in [7, 11) is -1.80. The molecule has 1 unspecified atom stereocenters. The van der Waals surface area contributed by atoms with Crippen LogP contribution in [0.1, 0.15) is 59.8 Å². The van der Waals surface area contributed by atoms with Gasteiger partial charge in [-0.05, 0) is 56.0 Å². The van der Waals surface area contributed by atoms with Gasteiger partial charge >= 0.3 is 5.97 Å². The molecule has 1 aliphatic heterocycles. The molecule has 0 aliphatic carbocycles. The predicted molar refractivity (Wildman–Crippen MR) is 140 cm³/mol. The van der Waals surface area contributed by atoms with Crippen LogP contribution in [0.15, 0.2) is 84.7 Å². The van der Waals surface area contributed by atoms with Crippen molar-refractivity contribution in [2.45, 2.75) is 84.0 Å². The van der Waals surface area contributed by atoms with Gasteiger partial charge in [0.1, 0.15) is 5.76 Å². The van der Waals surface area contributed by atoms with E-state index in [0.29, 0.717) is 12.2 Å². The van der Waals surface area contributed by atoms with Crippen molar-refractivity contribution in [1.82, 2.24) is 0 Å². The Labute approximate surface area is 197 Å². The van der Waals surface area contributed by atoms with Gasteiger partial charge in [-0.1, -0.05) is 94.5 Å². The largest absolute Gasteiger partial charge is 0.427 e. The third kappa shape index (κ3) is 12.0. The van der Waals surface area contributed by atoms with Crippen molar-refractivity contribution in [2.24, 2.45) is 0 Å². The number of allylic oxidation sites excluding steroid dienone is 10. The van der Waals surface area contributed by atoms with Crippen LogP contribution >= 0.6 is 0 Å². The van der Waals surface area contributed by atoms with Gasteiger partial charge in [0.15, 0.2) is 8.32 Å². The van der Waals surface area contributed by atoms with Crippen LogP contribution in [0.3, 0.4) is 0 Å². The number of carbonyl (C=O) groups is 1. The van der Waals surface area contributed by atoms with E-state index in [1.807, 2.05) is 12.2 Å². The number of carbonyl (C=O) groups excluding carboxylic acids is 1. The molecule has 0 spiro atoms. The summed E-state index contributed by atoms with van der Waals surface area (Å²) in [5, 5.41) is 0.207. The number of hydrogen-bond acceptors (Lipinski definition) is 3. The molecule has 1 rings (SSSR count). The highest BCUT2D eigenvalue weighted by atomic mass is 28.4. The first-order valence-electron chi connectivity index (χ1n) is 11.7. The minimum absolute atomic E-state index is 0.126. The molecule has 0 amide bonds. The fourth-order valence-electron chi connectivity index (χ4n) is 2.62. The van der Waals surface area contributed by atoms with E-state index >= 15 is 0 Å². The average molecular weight is 455 g/mol. The standard InChI is InChI=1S/C28H42O3Si/c1-7-8-17-21-26(31-32(5,6)28(2,3)4)22-19-16-14-12-10-9-11-13-15-18-20-25-23-24-27(29)30-25/h8-10,13-20,22-23,26H,7,11-12,21,24H2,1-6H3. The molecular formula is C28H42O3Si. The first kappa shape index (κ1) is 27.9. The summed E-state index contributed by atoms with van der Waals surface area (Å²) in [6.07, 6.45) is 31.1. The SMILES string of the molecule is CCC=CCC(C=CC=CCC=CCC=CC=CC1=CCC(=O)O1)O[Si](C)(C)C(C)(C)C. The fourth-order valence-corrected chi connectivity index (χ4v) is 3.91. The van der Waals surface area contributed by atoms with Crippen LogP contribution in [0, 0.1) is 0 Å². The molecule has 3 nitrogen and oxygen atoms in total. The van der Waals surface area contributed by atoms with E-state index in [4.69, 9.17) is 9.16 Å². The number of cyclic esters (lactones) is 1. The Balaban J connectivity index is 2.40. The van der Waals surface area contributed by atoms with Crippen LogP contribution in [0.2, 0.25) is 18.1 Å². The Morgan fingerprint density at radius 2 is 1.66 bits per heavy atom. The van der Waals surface area contributed by atoms with E-state index in [9.17, 15) is 4.79 Å². The highest BCUT2D eigenvalue weighted by molar-refractivity contribution is 6.74. The molecule has 0 saturated heterocycles. The molecule has 32 heavy (non-hydrogen) atoms. The molecule has 1 heterocycles. The molecule has 0 radical (unpaired) electrons. The van der Waals surface area contributed by atoms with Crippen LogP contribution in [0.25, 0.3) is 0 Å². The first-order valence-corrected chi connectivity index (χ1v) is 14.6.